The van der Waals surface area contributed by atoms with Crippen molar-refractivity contribution in [3.05, 3.63) is 54.1 Å². The van der Waals surface area contributed by atoms with Crippen LogP contribution in [0.25, 0.3) is 0 Å². The van der Waals surface area contributed by atoms with Crippen molar-refractivity contribution in [3.63, 3.8) is 0 Å². The van der Waals surface area contributed by atoms with E-state index in [4.69, 9.17) is 9.47 Å². The number of urea groups is 1. The van der Waals surface area contributed by atoms with Crippen molar-refractivity contribution < 1.29 is 14.3 Å². The minimum absolute atomic E-state index is 0.0277. The van der Waals surface area contributed by atoms with Crippen LogP contribution in [0.1, 0.15) is 25.3 Å². The summed E-state index contributed by atoms with van der Waals surface area (Å²) in [6.07, 6.45) is 0. The summed E-state index contributed by atoms with van der Waals surface area (Å²) in [6.45, 7) is 8.47. The molecule has 1 heterocycles. The number of hydrogen-bond acceptors (Lipinski definition) is 4. The number of rotatable bonds is 7. The van der Waals surface area contributed by atoms with Crippen molar-refractivity contribution >= 4 is 11.7 Å². The molecule has 29 heavy (non-hydrogen) atoms. The second kappa shape index (κ2) is 10.0. The predicted octanol–water partition coefficient (Wildman–Crippen LogP) is 3.73. The first-order valence-electron chi connectivity index (χ1n) is 10.2. The van der Waals surface area contributed by atoms with Gasteiger partial charge in [-0.1, -0.05) is 32.0 Å². The Kier molecular flexibility index (Phi) is 7.22. The monoisotopic (exact) mass is 397 g/mol. The van der Waals surface area contributed by atoms with Gasteiger partial charge in [-0.15, -0.1) is 0 Å². The van der Waals surface area contributed by atoms with Crippen molar-refractivity contribution in [3.8, 4) is 11.5 Å². The number of hydrogen-bond donors (Lipinski definition) is 1. The van der Waals surface area contributed by atoms with Gasteiger partial charge in [-0.2, -0.15) is 0 Å². The quantitative estimate of drug-likeness (QED) is 0.724. The fourth-order valence-electron chi connectivity index (χ4n) is 3.52. The average molecular weight is 398 g/mol. The van der Waals surface area contributed by atoms with E-state index in [0.29, 0.717) is 19.1 Å². The third-order valence-electron chi connectivity index (χ3n) is 5.17. The number of carbonyl (C=O) groups is 1. The van der Waals surface area contributed by atoms with E-state index in [1.807, 2.05) is 29.2 Å². The molecular formula is C23H31N3O3. The minimum atomic E-state index is -0.0277. The summed E-state index contributed by atoms with van der Waals surface area (Å²) >= 11 is 0. The number of benzene rings is 2. The fraction of sp³-hybridized carbons (Fsp3) is 0.435. The maximum Gasteiger partial charge on any atom is 0.317 e. The van der Waals surface area contributed by atoms with Crippen LogP contribution in [0.3, 0.4) is 0 Å². The number of nitrogens with one attached hydrogen (secondary N) is 1. The summed E-state index contributed by atoms with van der Waals surface area (Å²) < 4.78 is 10.8. The third-order valence-corrected chi connectivity index (χ3v) is 5.17. The van der Waals surface area contributed by atoms with Gasteiger partial charge in [0.25, 0.3) is 0 Å². The van der Waals surface area contributed by atoms with Crippen molar-refractivity contribution in [1.82, 2.24) is 10.2 Å². The summed E-state index contributed by atoms with van der Waals surface area (Å²) in [6, 6.07) is 15.9. The first-order chi connectivity index (χ1) is 14.1. The molecule has 3 rings (SSSR count). The number of piperazine rings is 1. The van der Waals surface area contributed by atoms with Gasteiger partial charge in [-0.25, -0.2) is 4.79 Å². The molecule has 0 spiro atoms. The fourth-order valence-corrected chi connectivity index (χ4v) is 3.52. The third kappa shape index (κ3) is 5.56. The lowest BCUT2D eigenvalue weighted by molar-refractivity contribution is 0.191. The highest BCUT2D eigenvalue weighted by atomic mass is 16.5. The van der Waals surface area contributed by atoms with Crippen LogP contribution in [-0.2, 0) is 0 Å². The maximum absolute atomic E-state index is 12.4. The van der Waals surface area contributed by atoms with Gasteiger partial charge in [0.05, 0.1) is 13.7 Å². The highest BCUT2D eigenvalue weighted by Crippen LogP contribution is 2.28. The number of carbonyl (C=O) groups excluding carboxylic acids is 1. The van der Waals surface area contributed by atoms with E-state index >= 15 is 0 Å². The molecule has 6 nitrogen and oxygen atoms in total. The van der Waals surface area contributed by atoms with Crippen LogP contribution < -0.4 is 19.7 Å². The van der Waals surface area contributed by atoms with Gasteiger partial charge in [0.15, 0.2) is 0 Å². The molecule has 2 aromatic rings. The molecular weight excluding hydrogens is 366 g/mol. The van der Waals surface area contributed by atoms with Crippen molar-refractivity contribution in [1.29, 1.82) is 0 Å². The summed E-state index contributed by atoms with van der Waals surface area (Å²) in [5.41, 5.74) is 2.65. The molecule has 0 atom stereocenters. The molecule has 1 saturated heterocycles. The van der Waals surface area contributed by atoms with E-state index in [1.54, 1.807) is 7.11 Å². The standard InChI is InChI=1S/C23H31N3O3/c1-18(2)21-6-4-5-7-22(21)25-13-15-26(16-14-25)23(27)24-12-17-29-20-10-8-19(28-3)9-11-20/h4-11,18H,12-17H2,1-3H3,(H,24,27). The van der Waals surface area contributed by atoms with E-state index in [-0.39, 0.29) is 6.03 Å². The van der Waals surface area contributed by atoms with Crippen LogP contribution in [0.15, 0.2) is 48.5 Å². The molecule has 2 amide bonds. The molecule has 0 radical (unpaired) electrons. The average Bonchev–Trinajstić information content (AvgIpc) is 2.77. The van der Waals surface area contributed by atoms with Crippen LogP contribution in [-0.4, -0.2) is 57.4 Å². The van der Waals surface area contributed by atoms with E-state index in [1.165, 1.54) is 11.3 Å². The molecule has 1 fully saturated rings. The number of amides is 2. The van der Waals surface area contributed by atoms with Crippen LogP contribution in [0.2, 0.25) is 0 Å². The van der Waals surface area contributed by atoms with E-state index < -0.39 is 0 Å². The SMILES string of the molecule is COc1ccc(OCCNC(=O)N2CCN(c3ccccc3C(C)C)CC2)cc1. The number of methoxy groups -OCH3 is 1. The Balaban J connectivity index is 1.41. The summed E-state index contributed by atoms with van der Waals surface area (Å²) in [4.78, 5) is 16.7. The highest BCUT2D eigenvalue weighted by Gasteiger charge is 2.22. The lowest BCUT2D eigenvalue weighted by Gasteiger charge is -2.37. The lowest BCUT2D eigenvalue weighted by Crippen LogP contribution is -2.52. The van der Waals surface area contributed by atoms with Gasteiger partial charge in [0.1, 0.15) is 18.1 Å². The molecule has 2 aromatic carbocycles. The zero-order valence-corrected chi connectivity index (χ0v) is 17.6. The normalized spacial score (nSPS) is 14.1. The smallest absolute Gasteiger partial charge is 0.317 e. The lowest BCUT2D eigenvalue weighted by atomic mass is 10.00. The molecule has 1 N–H and O–H groups in total. The number of ether oxygens (including phenoxy) is 2. The second-order valence-corrected chi connectivity index (χ2v) is 7.44. The van der Waals surface area contributed by atoms with Crippen molar-refractivity contribution in [2.75, 3.05) is 51.3 Å². The largest absolute Gasteiger partial charge is 0.497 e. The Labute approximate surface area is 173 Å². The second-order valence-electron chi connectivity index (χ2n) is 7.44. The molecule has 1 aliphatic rings. The number of nitrogens with zero attached hydrogens (tertiary/aromatic N) is 2. The molecule has 156 valence electrons. The van der Waals surface area contributed by atoms with Gasteiger partial charge in [0.2, 0.25) is 0 Å². The molecule has 0 aliphatic carbocycles. The Morgan fingerprint density at radius 1 is 1.00 bits per heavy atom. The molecule has 0 bridgehead atoms. The van der Waals surface area contributed by atoms with Gasteiger partial charge >= 0.3 is 6.03 Å². The first-order valence-corrected chi connectivity index (χ1v) is 10.2. The summed E-state index contributed by atoms with van der Waals surface area (Å²) in [7, 11) is 1.63. The Morgan fingerprint density at radius 3 is 2.31 bits per heavy atom. The molecule has 0 saturated carbocycles. The number of anilines is 1. The Morgan fingerprint density at radius 2 is 1.66 bits per heavy atom. The van der Waals surface area contributed by atoms with Gasteiger partial charge in [0, 0.05) is 31.9 Å². The minimum Gasteiger partial charge on any atom is -0.497 e. The van der Waals surface area contributed by atoms with Crippen LogP contribution in [0.4, 0.5) is 10.5 Å². The van der Waals surface area contributed by atoms with Gasteiger partial charge < -0.3 is 24.6 Å². The Hall–Kier alpha value is -2.89. The molecule has 0 unspecified atom stereocenters. The zero-order chi connectivity index (χ0) is 20.6. The predicted molar refractivity (Wildman–Crippen MR) is 116 cm³/mol. The van der Waals surface area contributed by atoms with E-state index in [9.17, 15) is 4.79 Å². The highest BCUT2D eigenvalue weighted by molar-refractivity contribution is 5.74. The maximum atomic E-state index is 12.4. The molecule has 6 heteroatoms. The van der Waals surface area contributed by atoms with Crippen molar-refractivity contribution in [2.45, 2.75) is 19.8 Å². The topological polar surface area (TPSA) is 54.0 Å². The van der Waals surface area contributed by atoms with Crippen molar-refractivity contribution in [2.24, 2.45) is 0 Å². The molecule has 0 aromatic heterocycles. The van der Waals surface area contributed by atoms with E-state index in [2.05, 4.69) is 48.3 Å². The summed E-state index contributed by atoms with van der Waals surface area (Å²) in [5.74, 6) is 2.04. The van der Waals surface area contributed by atoms with Crippen LogP contribution in [0.5, 0.6) is 11.5 Å². The Bertz CT molecular complexity index is 784. The van der Waals surface area contributed by atoms with Crippen LogP contribution >= 0.6 is 0 Å². The summed E-state index contributed by atoms with van der Waals surface area (Å²) in [5, 5.41) is 2.95. The van der Waals surface area contributed by atoms with Gasteiger partial charge in [-0.05, 0) is 41.8 Å². The molecule has 1 aliphatic heterocycles. The van der Waals surface area contributed by atoms with E-state index in [0.717, 1.165) is 37.7 Å². The van der Waals surface area contributed by atoms with Crippen LogP contribution in [0, 0.1) is 0 Å². The number of para-hydroxylation sites is 1. The zero-order valence-electron chi connectivity index (χ0n) is 17.6. The first kappa shape index (κ1) is 20.8. The van der Waals surface area contributed by atoms with Gasteiger partial charge in [-0.3, -0.25) is 0 Å².